The average Bonchev–Trinajstić information content (AvgIpc) is 2.34. The van der Waals surface area contributed by atoms with Gasteiger partial charge in [0.1, 0.15) is 11.5 Å². The van der Waals surface area contributed by atoms with Crippen molar-refractivity contribution < 1.29 is 15.0 Å². The summed E-state index contributed by atoms with van der Waals surface area (Å²) in [6, 6.07) is 11.5. The summed E-state index contributed by atoms with van der Waals surface area (Å²) in [5.41, 5.74) is 2.09. The summed E-state index contributed by atoms with van der Waals surface area (Å²) < 4.78 is 0. The van der Waals surface area contributed by atoms with Gasteiger partial charge in [0.15, 0.2) is 0 Å². The zero-order valence-corrected chi connectivity index (χ0v) is 10.6. The van der Waals surface area contributed by atoms with Gasteiger partial charge in [-0.15, -0.1) is 0 Å². The molecule has 4 heteroatoms. The molecule has 0 aliphatic rings. The molecule has 98 valence electrons. The quantitative estimate of drug-likeness (QED) is 0.740. The molecule has 2 aromatic rings. The van der Waals surface area contributed by atoms with E-state index in [-0.39, 0.29) is 23.8 Å². The van der Waals surface area contributed by atoms with Gasteiger partial charge in [-0.25, -0.2) is 0 Å². The Bertz CT molecular complexity index is 608. The zero-order chi connectivity index (χ0) is 13.8. The summed E-state index contributed by atoms with van der Waals surface area (Å²) in [6.45, 7) is 1.76. The van der Waals surface area contributed by atoms with Crippen LogP contribution in [-0.2, 0) is 11.2 Å². The van der Waals surface area contributed by atoms with Crippen LogP contribution in [-0.4, -0.2) is 16.1 Å². The van der Waals surface area contributed by atoms with E-state index in [0.29, 0.717) is 11.3 Å². The lowest BCUT2D eigenvalue weighted by Gasteiger charge is -2.07. The maximum absolute atomic E-state index is 11.8. The molecule has 0 atom stereocenters. The van der Waals surface area contributed by atoms with Crippen molar-refractivity contribution in [3.8, 4) is 11.5 Å². The Morgan fingerprint density at radius 3 is 2.63 bits per heavy atom. The minimum atomic E-state index is -0.171. The van der Waals surface area contributed by atoms with Crippen LogP contribution >= 0.6 is 0 Å². The summed E-state index contributed by atoms with van der Waals surface area (Å²) in [5.74, 6) is 0.174. The molecule has 19 heavy (non-hydrogen) atoms. The topological polar surface area (TPSA) is 69.6 Å². The number of carbonyl (C=O) groups excluding carboxylic acids is 1. The van der Waals surface area contributed by atoms with Gasteiger partial charge in [-0.1, -0.05) is 12.1 Å². The molecule has 0 aromatic heterocycles. The number of anilines is 1. The molecule has 2 rings (SSSR count). The number of aryl methyl sites for hydroxylation is 1. The van der Waals surface area contributed by atoms with E-state index in [1.165, 1.54) is 0 Å². The van der Waals surface area contributed by atoms with Gasteiger partial charge in [0.05, 0.1) is 6.42 Å². The Balaban J connectivity index is 2.03. The van der Waals surface area contributed by atoms with Gasteiger partial charge in [0.25, 0.3) is 0 Å². The van der Waals surface area contributed by atoms with Crippen molar-refractivity contribution in [3.05, 3.63) is 53.6 Å². The van der Waals surface area contributed by atoms with E-state index >= 15 is 0 Å². The molecule has 0 spiro atoms. The first kappa shape index (κ1) is 13.0. The van der Waals surface area contributed by atoms with Crippen LogP contribution in [0.3, 0.4) is 0 Å². The third kappa shape index (κ3) is 3.48. The van der Waals surface area contributed by atoms with Gasteiger partial charge in [-0.3, -0.25) is 4.79 Å². The fourth-order valence-corrected chi connectivity index (χ4v) is 1.79. The number of phenolic OH excluding ortho intramolecular Hbond substituents is 2. The van der Waals surface area contributed by atoms with Crippen molar-refractivity contribution in [3.63, 3.8) is 0 Å². The number of nitrogens with one attached hydrogen (secondary N) is 1. The highest BCUT2D eigenvalue weighted by Crippen LogP contribution is 2.20. The largest absolute Gasteiger partial charge is 0.508 e. The summed E-state index contributed by atoms with van der Waals surface area (Å²) in [7, 11) is 0. The van der Waals surface area contributed by atoms with Crippen LogP contribution in [0.25, 0.3) is 0 Å². The maximum Gasteiger partial charge on any atom is 0.228 e. The van der Waals surface area contributed by atoms with E-state index in [2.05, 4.69) is 5.32 Å². The van der Waals surface area contributed by atoms with Crippen LogP contribution in [0.1, 0.15) is 11.1 Å². The van der Waals surface area contributed by atoms with Gasteiger partial charge in [0, 0.05) is 5.69 Å². The predicted molar refractivity (Wildman–Crippen MR) is 73.3 cm³/mol. The number of hydrogen-bond acceptors (Lipinski definition) is 3. The molecule has 0 saturated heterocycles. The van der Waals surface area contributed by atoms with Crippen molar-refractivity contribution >= 4 is 11.6 Å². The molecule has 0 bridgehead atoms. The van der Waals surface area contributed by atoms with Gasteiger partial charge < -0.3 is 15.5 Å². The Hall–Kier alpha value is -2.49. The average molecular weight is 257 g/mol. The van der Waals surface area contributed by atoms with E-state index < -0.39 is 0 Å². The van der Waals surface area contributed by atoms with Crippen LogP contribution in [0.4, 0.5) is 5.69 Å². The molecule has 2 aromatic carbocycles. The van der Waals surface area contributed by atoms with Crippen molar-refractivity contribution in [2.24, 2.45) is 0 Å². The summed E-state index contributed by atoms with van der Waals surface area (Å²) >= 11 is 0. The molecule has 0 unspecified atom stereocenters. The highest BCUT2D eigenvalue weighted by Gasteiger charge is 2.06. The summed E-state index contributed by atoms with van der Waals surface area (Å²) in [4.78, 5) is 11.8. The summed E-state index contributed by atoms with van der Waals surface area (Å²) in [5, 5.41) is 21.5. The molecule has 1 amide bonds. The van der Waals surface area contributed by atoms with Crippen LogP contribution in [0.2, 0.25) is 0 Å². The van der Waals surface area contributed by atoms with E-state index in [1.807, 2.05) is 0 Å². The smallest absolute Gasteiger partial charge is 0.228 e. The molecule has 0 fully saturated rings. The van der Waals surface area contributed by atoms with Crippen LogP contribution in [0, 0.1) is 6.92 Å². The van der Waals surface area contributed by atoms with E-state index in [4.69, 9.17) is 0 Å². The molecule has 0 aliphatic carbocycles. The molecule has 3 N–H and O–H groups in total. The SMILES string of the molecule is Cc1cc(NC(=O)Cc2cccc(O)c2)ccc1O. The summed E-state index contributed by atoms with van der Waals surface area (Å²) in [6.07, 6.45) is 0.189. The fourth-order valence-electron chi connectivity index (χ4n) is 1.79. The highest BCUT2D eigenvalue weighted by atomic mass is 16.3. The third-order valence-electron chi connectivity index (χ3n) is 2.76. The highest BCUT2D eigenvalue weighted by molar-refractivity contribution is 5.92. The molecule has 4 nitrogen and oxygen atoms in total. The lowest BCUT2D eigenvalue weighted by atomic mass is 10.1. The number of benzene rings is 2. The maximum atomic E-state index is 11.8. The zero-order valence-electron chi connectivity index (χ0n) is 10.6. The Labute approximate surface area is 111 Å². The minimum Gasteiger partial charge on any atom is -0.508 e. The molecule has 0 radical (unpaired) electrons. The number of amides is 1. The van der Waals surface area contributed by atoms with E-state index in [0.717, 1.165) is 5.56 Å². The second-order valence-electron chi connectivity index (χ2n) is 4.40. The van der Waals surface area contributed by atoms with Crippen molar-refractivity contribution in [1.82, 2.24) is 0 Å². The first-order chi connectivity index (χ1) is 9.04. The van der Waals surface area contributed by atoms with E-state index in [9.17, 15) is 15.0 Å². The van der Waals surface area contributed by atoms with E-state index in [1.54, 1.807) is 49.4 Å². The van der Waals surface area contributed by atoms with Crippen LogP contribution in [0.15, 0.2) is 42.5 Å². The number of hydrogen-bond donors (Lipinski definition) is 3. The standard InChI is InChI=1S/C15H15NO3/c1-10-7-12(5-6-14(10)18)16-15(19)9-11-3-2-4-13(17)8-11/h2-8,17-18H,9H2,1H3,(H,16,19). The normalized spacial score (nSPS) is 10.2. The van der Waals surface area contributed by atoms with Crippen LogP contribution in [0.5, 0.6) is 11.5 Å². The Kier molecular flexibility index (Phi) is 3.71. The number of aromatic hydroxyl groups is 2. The van der Waals surface area contributed by atoms with Gasteiger partial charge in [0.2, 0.25) is 5.91 Å². The monoisotopic (exact) mass is 257 g/mol. The van der Waals surface area contributed by atoms with Gasteiger partial charge >= 0.3 is 0 Å². The number of rotatable bonds is 3. The van der Waals surface area contributed by atoms with Crippen molar-refractivity contribution in [1.29, 1.82) is 0 Å². The fraction of sp³-hybridized carbons (Fsp3) is 0.133. The lowest BCUT2D eigenvalue weighted by molar-refractivity contribution is -0.115. The van der Waals surface area contributed by atoms with Crippen molar-refractivity contribution in [2.75, 3.05) is 5.32 Å². The Morgan fingerprint density at radius 2 is 1.95 bits per heavy atom. The number of carbonyl (C=O) groups is 1. The Morgan fingerprint density at radius 1 is 1.16 bits per heavy atom. The second kappa shape index (κ2) is 5.44. The molecule has 0 heterocycles. The second-order valence-corrected chi connectivity index (χ2v) is 4.40. The molecular weight excluding hydrogens is 242 g/mol. The van der Waals surface area contributed by atoms with Crippen molar-refractivity contribution in [2.45, 2.75) is 13.3 Å². The predicted octanol–water partition coefficient (Wildman–Crippen LogP) is 2.59. The minimum absolute atomic E-state index is 0.144. The van der Waals surface area contributed by atoms with Gasteiger partial charge in [-0.05, 0) is 48.4 Å². The molecule has 0 saturated carbocycles. The molecule has 0 aliphatic heterocycles. The third-order valence-corrected chi connectivity index (χ3v) is 2.76. The first-order valence-corrected chi connectivity index (χ1v) is 5.92. The van der Waals surface area contributed by atoms with Crippen LogP contribution < -0.4 is 5.32 Å². The number of phenols is 2. The molecular formula is C15H15NO3. The lowest BCUT2D eigenvalue weighted by Crippen LogP contribution is -2.14. The van der Waals surface area contributed by atoms with Gasteiger partial charge in [-0.2, -0.15) is 0 Å². The first-order valence-electron chi connectivity index (χ1n) is 5.92.